The summed E-state index contributed by atoms with van der Waals surface area (Å²) in [7, 11) is 0. The van der Waals surface area contributed by atoms with E-state index in [-0.39, 0.29) is 0 Å². The van der Waals surface area contributed by atoms with Crippen molar-refractivity contribution in [2.24, 2.45) is 0 Å². The van der Waals surface area contributed by atoms with Gasteiger partial charge in [0.25, 0.3) is 0 Å². The fourth-order valence-electron chi connectivity index (χ4n) is 1.79. The Hall–Kier alpha value is -2.55. The van der Waals surface area contributed by atoms with Crippen LogP contribution in [0.4, 0.5) is 0 Å². The fraction of sp³-hybridized carbons (Fsp3) is 0. The van der Waals surface area contributed by atoms with Crippen LogP contribution in [-0.4, -0.2) is 4.98 Å². The summed E-state index contributed by atoms with van der Waals surface area (Å²) < 4.78 is 5.19. The van der Waals surface area contributed by atoms with Gasteiger partial charge in [0, 0.05) is 11.1 Å². The van der Waals surface area contributed by atoms with E-state index in [0.717, 1.165) is 11.1 Å². The second-order valence-electron chi connectivity index (χ2n) is 3.89. The Kier molecular flexibility index (Phi) is 2.57. The van der Waals surface area contributed by atoms with Crippen molar-refractivity contribution >= 4 is 0 Å². The molecule has 0 saturated heterocycles. The minimum absolute atomic E-state index is 0.356. The van der Waals surface area contributed by atoms with Crippen LogP contribution in [0.5, 0.6) is 5.95 Å². The lowest BCUT2D eigenvalue weighted by Gasteiger charge is -1.99. The molecule has 0 amide bonds. The predicted molar refractivity (Wildman–Crippen MR) is 66.8 cm³/mol. The van der Waals surface area contributed by atoms with Gasteiger partial charge < -0.3 is 9.52 Å². The molecule has 0 fully saturated rings. The van der Waals surface area contributed by atoms with Crippen LogP contribution in [0.15, 0.2) is 65.1 Å². The van der Waals surface area contributed by atoms with Crippen LogP contribution in [0, 0.1) is 0 Å². The van der Waals surface area contributed by atoms with Crippen molar-refractivity contribution in [2.75, 3.05) is 0 Å². The van der Waals surface area contributed by atoms with Gasteiger partial charge in [-0.2, -0.15) is 0 Å². The molecular weight excluding hydrogens is 226 g/mol. The lowest BCUT2D eigenvalue weighted by atomic mass is 10.2. The molecule has 1 heterocycles. The van der Waals surface area contributed by atoms with Crippen LogP contribution < -0.4 is 5.11 Å². The average Bonchev–Trinajstić information content (AvgIpc) is 2.83. The lowest BCUT2D eigenvalue weighted by Crippen LogP contribution is -1.89. The third-order valence-corrected chi connectivity index (χ3v) is 2.66. The van der Waals surface area contributed by atoms with Crippen molar-refractivity contribution in [2.45, 2.75) is 0 Å². The van der Waals surface area contributed by atoms with Crippen molar-refractivity contribution in [3.05, 3.63) is 60.7 Å². The molecule has 0 spiro atoms. The Morgan fingerprint density at radius 1 is 0.778 bits per heavy atom. The van der Waals surface area contributed by atoms with Gasteiger partial charge in [-0.05, 0) is 0 Å². The van der Waals surface area contributed by atoms with E-state index in [1.807, 2.05) is 60.7 Å². The first-order chi connectivity index (χ1) is 8.84. The largest absolute Gasteiger partial charge is 0.562 e. The van der Waals surface area contributed by atoms with Crippen LogP contribution in [0.1, 0.15) is 0 Å². The molecule has 18 heavy (non-hydrogen) atoms. The van der Waals surface area contributed by atoms with E-state index in [1.54, 1.807) is 0 Å². The molecule has 0 aliphatic carbocycles. The highest BCUT2D eigenvalue weighted by molar-refractivity contribution is 5.66. The van der Waals surface area contributed by atoms with Gasteiger partial charge in [0.2, 0.25) is 0 Å². The molecule has 0 N–H and O–H groups in total. The normalized spacial score (nSPS) is 10.4. The number of oxazole rings is 1. The Balaban J connectivity index is 2.07. The molecule has 0 saturated carbocycles. The molecule has 3 heteroatoms. The molecular formula is C15H10NO2-. The molecule has 0 atom stereocenters. The maximum atomic E-state index is 11.8. The van der Waals surface area contributed by atoms with Crippen molar-refractivity contribution in [3.63, 3.8) is 0 Å². The molecule has 0 aliphatic heterocycles. The molecule has 0 radical (unpaired) electrons. The highest BCUT2D eigenvalue weighted by atomic mass is 16.5. The number of aromatic nitrogens is 1. The Bertz CT molecular complexity index is 645. The van der Waals surface area contributed by atoms with E-state index in [1.165, 1.54) is 0 Å². The van der Waals surface area contributed by atoms with Gasteiger partial charge in [0.15, 0.2) is 0 Å². The predicted octanol–water partition coefficient (Wildman–Crippen LogP) is 3.08. The summed E-state index contributed by atoms with van der Waals surface area (Å²) in [4.78, 5) is 4.27. The second-order valence-corrected chi connectivity index (χ2v) is 3.89. The van der Waals surface area contributed by atoms with Gasteiger partial charge in [-0.1, -0.05) is 60.7 Å². The summed E-state index contributed by atoms with van der Waals surface area (Å²) in [6.07, 6.45) is 0. The SMILES string of the molecule is [O-]c1oc(-c2ccccc2)nc1-c1ccccc1. The van der Waals surface area contributed by atoms with E-state index < -0.39 is 5.95 Å². The van der Waals surface area contributed by atoms with Gasteiger partial charge in [-0.3, -0.25) is 0 Å². The topological polar surface area (TPSA) is 49.1 Å². The first kappa shape index (κ1) is 10.6. The smallest absolute Gasteiger partial charge is 0.112 e. The molecule has 0 unspecified atom stereocenters. The third-order valence-electron chi connectivity index (χ3n) is 2.66. The van der Waals surface area contributed by atoms with Crippen LogP contribution in [-0.2, 0) is 0 Å². The summed E-state index contributed by atoms with van der Waals surface area (Å²) in [6.45, 7) is 0. The molecule has 3 rings (SSSR count). The summed E-state index contributed by atoms with van der Waals surface area (Å²) >= 11 is 0. The summed E-state index contributed by atoms with van der Waals surface area (Å²) in [5.74, 6) is -0.0421. The third kappa shape index (κ3) is 1.86. The molecule has 2 aromatic carbocycles. The van der Waals surface area contributed by atoms with E-state index in [0.29, 0.717) is 11.6 Å². The molecule has 1 aromatic heterocycles. The molecule has 3 aromatic rings. The van der Waals surface area contributed by atoms with Crippen molar-refractivity contribution < 1.29 is 9.52 Å². The standard InChI is InChI=1S/C15H11NO2/c17-15-13(11-7-3-1-4-8-11)16-14(18-15)12-9-5-2-6-10-12/h1-10,17H/p-1. The number of hydrogen-bond donors (Lipinski definition) is 0. The van der Waals surface area contributed by atoms with Gasteiger partial charge >= 0.3 is 0 Å². The zero-order valence-electron chi connectivity index (χ0n) is 9.54. The van der Waals surface area contributed by atoms with Gasteiger partial charge in [0.05, 0.1) is 11.6 Å². The molecule has 3 nitrogen and oxygen atoms in total. The molecule has 0 bridgehead atoms. The maximum absolute atomic E-state index is 11.8. The first-order valence-corrected chi connectivity index (χ1v) is 5.63. The maximum Gasteiger partial charge on any atom is 0.112 e. The number of hydrogen-bond acceptors (Lipinski definition) is 3. The van der Waals surface area contributed by atoms with Crippen molar-refractivity contribution in [3.8, 4) is 28.7 Å². The Morgan fingerprint density at radius 3 is 1.94 bits per heavy atom. The molecule has 0 aliphatic rings. The van der Waals surface area contributed by atoms with E-state index in [9.17, 15) is 5.11 Å². The first-order valence-electron chi connectivity index (χ1n) is 5.63. The minimum Gasteiger partial charge on any atom is -0.562 e. The van der Waals surface area contributed by atoms with Crippen LogP contribution >= 0.6 is 0 Å². The van der Waals surface area contributed by atoms with Gasteiger partial charge in [0.1, 0.15) is 5.89 Å². The highest BCUT2D eigenvalue weighted by Crippen LogP contribution is 2.31. The van der Waals surface area contributed by atoms with Gasteiger partial charge in [-0.25, -0.2) is 4.98 Å². The van der Waals surface area contributed by atoms with Crippen molar-refractivity contribution in [1.29, 1.82) is 0 Å². The number of benzene rings is 2. The minimum atomic E-state index is -0.403. The lowest BCUT2D eigenvalue weighted by molar-refractivity contribution is -0.292. The van der Waals surface area contributed by atoms with Gasteiger partial charge in [-0.15, -0.1) is 0 Å². The molecule has 88 valence electrons. The van der Waals surface area contributed by atoms with E-state index in [4.69, 9.17) is 4.42 Å². The number of rotatable bonds is 2. The summed E-state index contributed by atoms with van der Waals surface area (Å²) in [6, 6.07) is 18.7. The van der Waals surface area contributed by atoms with Crippen molar-refractivity contribution in [1.82, 2.24) is 4.98 Å². The van der Waals surface area contributed by atoms with Crippen LogP contribution in [0.3, 0.4) is 0 Å². The van der Waals surface area contributed by atoms with Crippen LogP contribution in [0.2, 0.25) is 0 Å². The summed E-state index contributed by atoms with van der Waals surface area (Å²) in [5, 5.41) is 11.8. The Labute approximate surface area is 104 Å². The second kappa shape index (κ2) is 4.37. The zero-order valence-corrected chi connectivity index (χ0v) is 9.54. The number of nitrogens with zero attached hydrogens (tertiary/aromatic N) is 1. The monoisotopic (exact) mass is 236 g/mol. The van der Waals surface area contributed by atoms with Crippen LogP contribution in [0.25, 0.3) is 22.7 Å². The summed E-state index contributed by atoms with van der Waals surface area (Å²) in [5.41, 5.74) is 1.93. The van der Waals surface area contributed by atoms with E-state index >= 15 is 0 Å². The Morgan fingerprint density at radius 2 is 1.33 bits per heavy atom. The quantitative estimate of drug-likeness (QED) is 0.687. The highest BCUT2D eigenvalue weighted by Gasteiger charge is 2.06. The van der Waals surface area contributed by atoms with E-state index in [2.05, 4.69) is 4.98 Å². The average molecular weight is 236 g/mol. The fourth-order valence-corrected chi connectivity index (χ4v) is 1.79. The zero-order chi connectivity index (χ0) is 12.4.